The summed E-state index contributed by atoms with van der Waals surface area (Å²) in [4.78, 5) is 27.2. The van der Waals surface area contributed by atoms with E-state index in [-0.39, 0.29) is 12.5 Å². The monoisotopic (exact) mass is 324 g/mol. The Morgan fingerprint density at radius 2 is 1.96 bits per heavy atom. The predicted molar refractivity (Wildman–Crippen MR) is 91.9 cm³/mol. The van der Waals surface area contributed by atoms with E-state index in [1.165, 1.54) is 7.11 Å². The predicted octanol–water partition coefficient (Wildman–Crippen LogP) is 2.45. The number of ether oxygens (including phenoxy) is 1. The van der Waals surface area contributed by atoms with Crippen LogP contribution in [0.4, 0.5) is 0 Å². The highest BCUT2D eigenvalue weighted by molar-refractivity contribution is 6.00. The van der Waals surface area contributed by atoms with Gasteiger partial charge in [0, 0.05) is 11.3 Å². The van der Waals surface area contributed by atoms with Crippen molar-refractivity contribution < 1.29 is 14.3 Å². The van der Waals surface area contributed by atoms with Crippen molar-refractivity contribution in [2.45, 2.75) is 20.3 Å². The molecule has 0 bridgehead atoms. The van der Waals surface area contributed by atoms with E-state index in [1.807, 2.05) is 37.3 Å². The van der Waals surface area contributed by atoms with E-state index in [1.54, 1.807) is 6.92 Å². The zero-order valence-corrected chi connectivity index (χ0v) is 14.0. The van der Waals surface area contributed by atoms with Gasteiger partial charge in [-0.2, -0.15) is 0 Å². The minimum atomic E-state index is -0.441. The SMILES string of the molecule is CCc1[nH]c(C(=O)NCC#Cc2ccccc2)c(C)c1C(=O)OC. The molecular formula is C19H20N2O3. The summed E-state index contributed by atoms with van der Waals surface area (Å²) in [7, 11) is 1.33. The zero-order valence-electron chi connectivity index (χ0n) is 14.0. The van der Waals surface area contributed by atoms with Crippen molar-refractivity contribution in [2.75, 3.05) is 13.7 Å². The fourth-order valence-corrected chi connectivity index (χ4v) is 2.41. The summed E-state index contributed by atoms with van der Waals surface area (Å²) in [6.45, 7) is 3.86. The molecule has 0 aliphatic rings. The lowest BCUT2D eigenvalue weighted by atomic mass is 10.1. The highest BCUT2D eigenvalue weighted by Crippen LogP contribution is 2.20. The topological polar surface area (TPSA) is 71.2 Å². The first-order valence-corrected chi connectivity index (χ1v) is 7.70. The first-order valence-electron chi connectivity index (χ1n) is 7.70. The van der Waals surface area contributed by atoms with Crippen molar-refractivity contribution in [1.82, 2.24) is 10.3 Å². The van der Waals surface area contributed by atoms with Crippen LogP contribution in [0.2, 0.25) is 0 Å². The molecule has 2 N–H and O–H groups in total. The fraction of sp³-hybridized carbons (Fsp3) is 0.263. The summed E-state index contributed by atoms with van der Waals surface area (Å²) in [5, 5.41) is 2.74. The minimum absolute atomic E-state index is 0.223. The Hall–Kier alpha value is -3.00. The second kappa shape index (κ2) is 8.02. The van der Waals surface area contributed by atoms with Gasteiger partial charge in [0.25, 0.3) is 5.91 Å². The largest absolute Gasteiger partial charge is 0.465 e. The number of hydrogen-bond acceptors (Lipinski definition) is 3. The normalized spacial score (nSPS) is 9.79. The van der Waals surface area contributed by atoms with Gasteiger partial charge in [0.2, 0.25) is 0 Å². The molecule has 0 aliphatic heterocycles. The molecule has 0 saturated carbocycles. The van der Waals surface area contributed by atoms with Crippen molar-refractivity contribution >= 4 is 11.9 Å². The lowest BCUT2D eigenvalue weighted by Crippen LogP contribution is -2.24. The number of hydrogen-bond donors (Lipinski definition) is 2. The van der Waals surface area contributed by atoms with E-state index >= 15 is 0 Å². The van der Waals surface area contributed by atoms with Gasteiger partial charge in [-0.05, 0) is 31.0 Å². The Bertz CT molecular complexity index is 795. The molecule has 2 rings (SSSR count). The molecule has 0 saturated heterocycles. The molecule has 0 aliphatic carbocycles. The summed E-state index contributed by atoms with van der Waals surface area (Å²) in [6.07, 6.45) is 0.604. The van der Waals surface area contributed by atoms with E-state index in [2.05, 4.69) is 22.1 Å². The molecule has 0 spiro atoms. The number of aromatic amines is 1. The van der Waals surface area contributed by atoms with Gasteiger partial charge in [0.15, 0.2) is 0 Å². The molecule has 1 aromatic heterocycles. The van der Waals surface area contributed by atoms with Crippen LogP contribution < -0.4 is 5.32 Å². The smallest absolute Gasteiger partial charge is 0.339 e. The van der Waals surface area contributed by atoms with Gasteiger partial charge >= 0.3 is 5.97 Å². The van der Waals surface area contributed by atoms with E-state index in [0.29, 0.717) is 28.9 Å². The molecule has 0 radical (unpaired) electrons. The molecule has 5 nitrogen and oxygen atoms in total. The van der Waals surface area contributed by atoms with Crippen molar-refractivity contribution in [3.63, 3.8) is 0 Å². The van der Waals surface area contributed by atoms with Crippen LogP contribution in [-0.4, -0.2) is 30.5 Å². The maximum atomic E-state index is 12.3. The van der Waals surface area contributed by atoms with Gasteiger partial charge in [-0.15, -0.1) is 0 Å². The van der Waals surface area contributed by atoms with Crippen LogP contribution in [0.1, 0.15) is 44.6 Å². The lowest BCUT2D eigenvalue weighted by molar-refractivity contribution is 0.0599. The number of nitrogens with one attached hydrogen (secondary N) is 2. The maximum absolute atomic E-state index is 12.3. The van der Waals surface area contributed by atoms with E-state index in [9.17, 15) is 9.59 Å². The molecule has 1 aromatic carbocycles. The summed E-state index contributed by atoms with van der Waals surface area (Å²) >= 11 is 0. The third kappa shape index (κ3) is 3.85. The Morgan fingerprint density at radius 3 is 2.58 bits per heavy atom. The second-order valence-electron chi connectivity index (χ2n) is 5.17. The number of benzene rings is 1. The van der Waals surface area contributed by atoms with Crippen molar-refractivity contribution in [1.29, 1.82) is 0 Å². The Morgan fingerprint density at radius 1 is 1.25 bits per heavy atom. The summed E-state index contributed by atoms with van der Waals surface area (Å²) < 4.78 is 4.79. The van der Waals surface area contributed by atoms with Crippen molar-refractivity contribution in [3.8, 4) is 11.8 Å². The highest BCUT2D eigenvalue weighted by Gasteiger charge is 2.23. The standard InChI is InChI=1S/C19H20N2O3/c1-4-15-16(19(23)24-3)13(2)17(21-15)18(22)20-12-8-11-14-9-6-5-7-10-14/h5-7,9-10,21H,4,12H2,1-3H3,(H,20,22). The van der Waals surface area contributed by atoms with Crippen LogP contribution in [0.5, 0.6) is 0 Å². The van der Waals surface area contributed by atoms with Gasteiger partial charge < -0.3 is 15.0 Å². The van der Waals surface area contributed by atoms with Gasteiger partial charge in [0.05, 0.1) is 19.2 Å². The van der Waals surface area contributed by atoms with Gasteiger partial charge in [-0.25, -0.2) is 4.79 Å². The highest BCUT2D eigenvalue weighted by atomic mass is 16.5. The maximum Gasteiger partial charge on any atom is 0.339 e. The van der Waals surface area contributed by atoms with Crippen LogP contribution in [0, 0.1) is 18.8 Å². The lowest BCUT2D eigenvalue weighted by Gasteiger charge is -2.02. The van der Waals surface area contributed by atoms with Crippen LogP contribution >= 0.6 is 0 Å². The molecular weight excluding hydrogens is 304 g/mol. The molecule has 1 amide bonds. The fourth-order valence-electron chi connectivity index (χ4n) is 2.41. The van der Waals surface area contributed by atoms with Gasteiger partial charge in [0.1, 0.15) is 5.69 Å². The number of rotatable bonds is 4. The molecule has 1 heterocycles. The second-order valence-corrected chi connectivity index (χ2v) is 5.17. The van der Waals surface area contributed by atoms with Crippen molar-refractivity contribution in [3.05, 3.63) is 58.4 Å². The van der Waals surface area contributed by atoms with E-state index < -0.39 is 5.97 Å². The average Bonchev–Trinajstić information content (AvgIpc) is 2.95. The van der Waals surface area contributed by atoms with Crippen molar-refractivity contribution in [2.24, 2.45) is 0 Å². The molecule has 124 valence electrons. The number of esters is 1. The number of carbonyl (C=O) groups is 2. The Labute approximate surface area is 141 Å². The number of H-pyrrole nitrogens is 1. The molecule has 5 heteroatoms. The van der Waals surface area contributed by atoms with Crippen LogP contribution in [0.25, 0.3) is 0 Å². The van der Waals surface area contributed by atoms with E-state index in [4.69, 9.17) is 4.74 Å². The molecule has 0 atom stereocenters. The van der Waals surface area contributed by atoms with Gasteiger partial charge in [-0.1, -0.05) is 37.0 Å². The minimum Gasteiger partial charge on any atom is -0.465 e. The number of amides is 1. The zero-order chi connectivity index (χ0) is 17.5. The third-order valence-corrected chi connectivity index (χ3v) is 3.64. The Kier molecular flexibility index (Phi) is 5.80. The van der Waals surface area contributed by atoms with Crippen LogP contribution in [-0.2, 0) is 11.2 Å². The first kappa shape index (κ1) is 17.4. The Balaban J connectivity index is 2.09. The van der Waals surface area contributed by atoms with Gasteiger partial charge in [-0.3, -0.25) is 4.79 Å². The van der Waals surface area contributed by atoms with Crippen LogP contribution in [0.3, 0.4) is 0 Å². The van der Waals surface area contributed by atoms with Crippen LogP contribution in [0.15, 0.2) is 30.3 Å². The number of aryl methyl sites for hydroxylation is 1. The summed E-state index contributed by atoms with van der Waals surface area (Å²) in [5.41, 5.74) is 2.98. The number of carbonyl (C=O) groups excluding carboxylic acids is 2. The van der Waals surface area contributed by atoms with E-state index in [0.717, 1.165) is 5.56 Å². The average molecular weight is 324 g/mol. The molecule has 24 heavy (non-hydrogen) atoms. The molecule has 0 fully saturated rings. The molecule has 0 unspecified atom stereocenters. The quantitative estimate of drug-likeness (QED) is 0.670. The third-order valence-electron chi connectivity index (χ3n) is 3.64. The number of aromatic nitrogens is 1. The summed E-state index contributed by atoms with van der Waals surface area (Å²) in [6, 6.07) is 9.54. The summed E-state index contributed by atoms with van der Waals surface area (Å²) in [5.74, 6) is 5.14. The molecule has 2 aromatic rings. The first-order chi connectivity index (χ1) is 11.6. The number of methoxy groups -OCH3 is 1.